The van der Waals surface area contributed by atoms with Crippen molar-refractivity contribution in [2.75, 3.05) is 20.2 Å². The predicted molar refractivity (Wildman–Crippen MR) is 71.8 cm³/mol. The van der Waals surface area contributed by atoms with E-state index < -0.39 is 15.8 Å². The molecule has 1 heterocycles. The second-order valence-corrected chi connectivity index (χ2v) is 5.82. The molecule has 0 aliphatic carbocycles. The fourth-order valence-corrected chi connectivity index (χ4v) is 3.14. The van der Waals surface area contributed by atoms with Gasteiger partial charge in [-0.2, -0.15) is 0 Å². The van der Waals surface area contributed by atoms with E-state index in [0.29, 0.717) is 6.54 Å². The zero-order valence-corrected chi connectivity index (χ0v) is 12.0. The Kier molecular flexibility index (Phi) is 5.54. The second-order valence-electron chi connectivity index (χ2n) is 4.11. The highest BCUT2D eigenvalue weighted by Crippen LogP contribution is 2.21. The van der Waals surface area contributed by atoms with Crippen LogP contribution in [0.3, 0.4) is 0 Å². The van der Waals surface area contributed by atoms with Crippen molar-refractivity contribution >= 4 is 22.4 Å². The summed E-state index contributed by atoms with van der Waals surface area (Å²) in [5, 5.41) is 3.07. The summed E-state index contributed by atoms with van der Waals surface area (Å²) in [5.74, 6) is -0.665. The maximum absolute atomic E-state index is 13.2. The van der Waals surface area contributed by atoms with Gasteiger partial charge in [-0.15, -0.1) is 12.4 Å². The SMILES string of the molecule is COc1cc(S(=O)(=O)NC2CCNC2)ccc1F.Cl. The predicted octanol–water partition coefficient (Wildman–Crippen LogP) is 0.896. The Balaban J connectivity index is 0.00000180. The lowest BCUT2D eigenvalue weighted by Crippen LogP contribution is -2.36. The molecule has 0 aromatic heterocycles. The molecule has 0 spiro atoms. The van der Waals surface area contributed by atoms with E-state index in [1.54, 1.807) is 0 Å². The first kappa shape index (κ1) is 16.2. The first-order valence-corrected chi connectivity index (χ1v) is 7.08. The fourth-order valence-electron chi connectivity index (χ4n) is 1.85. The molecule has 19 heavy (non-hydrogen) atoms. The number of sulfonamides is 1. The van der Waals surface area contributed by atoms with Gasteiger partial charge in [-0.25, -0.2) is 17.5 Å². The minimum Gasteiger partial charge on any atom is -0.494 e. The van der Waals surface area contributed by atoms with Gasteiger partial charge in [0.25, 0.3) is 0 Å². The lowest BCUT2D eigenvalue weighted by Gasteiger charge is -2.12. The number of nitrogens with one attached hydrogen (secondary N) is 2. The highest BCUT2D eigenvalue weighted by Gasteiger charge is 2.23. The molecule has 0 bridgehead atoms. The van der Waals surface area contributed by atoms with Gasteiger partial charge in [0.1, 0.15) is 0 Å². The Morgan fingerprint density at radius 1 is 1.47 bits per heavy atom. The number of rotatable bonds is 4. The van der Waals surface area contributed by atoms with Gasteiger partial charge >= 0.3 is 0 Å². The Morgan fingerprint density at radius 2 is 2.21 bits per heavy atom. The first-order chi connectivity index (χ1) is 8.53. The molecule has 0 radical (unpaired) electrons. The average Bonchev–Trinajstić information content (AvgIpc) is 2.81. The summed E-state index contributed by atoms with van der Waals surface area (Å²) in [4.78, 5) is 0.00708. The lowest BCUT2D eigenvalue weighted by molar-refractivity contribution is 0.385. The fraction of sp³-hybridized carbons (Fsp3) is 0.455. The van der Waals surface area contributed by atoms with Crippen LogP contribution in [0.2, 0.25) is 0 Å². The van der Waals surface area contributed by atoms with Crippen molar-refractivity contribution in [3.63, 3.8) is 0 Å². The second kappa shape index (κ2) is 6.51. The summed E-state index contributed by atoms with van der Waals surface area (Å²) in [7, 11) is -2.33. The zero-order chi connectivity index (χ0) is 13.2. The van der Waals surface area contributed by atoms with Crippen LogP contribution in [0.4, 0.5) is 4.39 Å². The molecule has 2 N–H and O–H groups in total. The van der Waals surface area contributed by atoms with Gasteiger partial charge in [0.05, 0.1) is 12.0 Å². The van der Waals surface area contributed by atoms with Gasteiger partial charge in [0.15, 0.2) is 11.6 Å². The molecule has 1 aromatic carbocycles. The topological polar surface area (TPSA) is 67.4 Å². The molecule has 1 atom stereocenters. The number of methoxy groups -OCH3 is 1. The Labute approximate surface area is 118 Å². The number of benzene rings is 1. The van der Waals surface area contributed by atoms with E-state index in [9.17, 15) is 12.8 Å². The molecular formula is C11H16ClFN2O3S. The molecule has 1 aliphatic heterocycles. The van der Waals surface area contributed by atoms with Crippen LogP contribution in [0.15, 0.2) is 23.1 Å². The van der Waals surface area contributed by atoms with Crippen molar-refractivity contribution in [3.05, 3.63) is 24.0 Å². The maximum atomic E-state index is 13.2. The van der Waals surface area contributed by atoms with Crippen molar-refractivity contribution in [1.82, 2.24) is 10.0 Å². The number of hydrogen-bond donors (Lipinski definition) is 2. The molecular weight excluding hydrogens is 295 g/mol. The van der Waals surface area contributed by atoms with E-state index in [1.807, 2.05) is 0 Å². The van der Waals surface area contributed by atoms with E-state index in [-0.39, 0.29) is 29.1 Å². The van der Waals surface area contributed by atoms with Crippen LogP contribution in [0.25, 0.3) is 0 Å². The van der Waals surface area contributed by atoms with Gasteiger partial charge < -0.3 is 10.1 Å². The molecule has 5 nitrogen and oxygen atoms in total. The summed E-state index contributed by atoms with van der Waals surface area (Å²) in [5.41, 5.74) is 0. The van der Waals surface area contributed by atoms with Crippen molar-refractivity contribution < 1.29 is 17.5 Å². The third-order valence-electron chi connectivity index (χ3n) is 2.82. The van der Waals surface area contributed by atoms with Crippen LogP contribution >= 0.6 is 12.4 Å². The Morgan fingerprint density at radius 3 is 2.79 bits per heavy atom. The van der Waals surface area contributed by atoms with Crippen LogP contribution in [-0.2, 0) is 10.0 Å². The van der Waals surface area contributed by atoms with Crippen molar-refractivity contribution in [3.8, 4) is 5.75 Å². The third kappa shape index (κ3) is 3.79. The van der Waals surface area contributed by atoms with Crippen LogP contribution in [-0.4, -0.2) is 34.7 Å². The van der Waals surface area contributed by atoms with Crippen molar-refractivity contribution in [2.45, 2.75) is 17.4 Å². The normalized spacial score (nSPS) is 18.9. The Bertz CT molecular complexity index is 533. The van der Waals surface area contributed by atoms with Gasteiger partial charge in [-0.3, -0.25) is 0 Å². The van der Waals surface area contributed by atoms with E-state index in [4.69, 9.17) is 4.74 Å². The zero-order valence-electron chi connectivity index (χ0n) is 10.3. The largest absolute Gasteiger partial charge is 0.494 e. The summed E-state index contributed by atoms with van der Waals surface area (Å²) in [6, 6.07) is 3.37. The smallest absolute Gasteiger partial charge is 0.241 e. The molecule has 0 saturated carbocycles. The van der Waals surface area contributed by atoms with Gasteiger partial charge in [-0.1, -0.05) is 0 Å². The van der Waals surface area contributed by atoms with Crippen LogP contribution in [0, 0.1) is 5.82 Å². The van der Waals surface area contributed by atoms with Crippen molar-refractivity contribution in [2.24, 2.45) is 0 Å². The van der Waals surface area contributed by atoms with E-state index in [1.165, 1.54) is 19.2 Å². The molecule has 1 aromatic rings. The van der Waals surface area contributed by atoms with Gasteiger partial charge in [0, 0.05) is 18.7 Å². The Hall–Kier alpha value is -0.890. The third-order valence-corrected chi connectivity index (χ3v) is 4.33. The monoisotopic (exact) mass is 310 g/mol. The van der Waals surface area contributed by atoms with E-state index in [0.717, 1.165) is 19.0 Å². The minimum atomic E-state index is -3.63. The molecule has 0 amide bonds. The van der Waals surface area contributed by atoms with Crippen LogP contribution in [0.1, 0.15) is 6.42 Å². The summed E-state index contributed by atoms with van der Waals surface area (Å²) in [6.45, 7) is 1.40. The highest BCUT2D eigenvalue weighted by atomic mass is 35.5. The van der Waals surface area contributed by atoms with E-state index >= 15 is 0 Å². The quantitative estimate of drug-likeness (QED) is 0.867. The molecule has 1 unspecified atom stereocenters. The van der Waals surface area contributed by atoms with Gasteiger partial charge in [-0.05, 0) is 25.1 Å². The molecule has 1 aliphatic rings. The molecule has 108 valence electrons. The molecule has 2 rings (SSSR count). The van der Waals surface area contributed by atoms with Gasteiger partial charge in [0.2, 0.25) is 10.0 Å². The minimum absolute atomic E-state index is 0. The summed E-state index contributed by atoms with van der Waals surface area (Å²) in [6.07, 6.45) is 0.748. The number of ether oxygens (including phenoxy) is 1. The summed E-state index contributed by atoms with van der Waals surface area (Å²) >= 11 is 0. The first-order valence-electron chi connectivity index (χ1n) is 5.59. The number of hydrogen-bond acceptors (Lipinski definition) is 4. The van der Waals surface area contributed by atoms with E-state index in [2.05, 4.69) is 10.0 Å². The molecule has 1 saturated heterocycles. The van der Waals surface area contributed by atoms with Crippen LogP contribution in [0.5, 0.6) is 5.75 Å². The average molecular weight is 311 g/mol. The van der Waals surface area contributed by atoms with Crippen molar-refractivity contribution in [1.29, 1.82) is 0 Å². The summed E-state index contributed by atoms with van der Waals surface area (Å²) < 4.78 is 44.7. The highest BCUT2D eigenvalue weighted by molar-refractivity contribution is 7.89. The van der Waals surface area contributed by atoms with Crippen LogP contribution < -0.4 is 14.8 Å². The molecule has 1 fully saturated rings. The lowest BCUT2D eigenvalue weighted by atomic mass is 10.3. The number of halogens is 2. The maximum Gasteiger partial charge on any atom is 0.241 e. The standard InChI is InChI=1S/C11H15FN2O3S.ClH/c1-17-11-6-9(2-3-10(11)12)18(15,16)14-8-4-5-13-7-8;/h2-3,6,8,13-14H,4-5,7H2,1H3;1H. The molecule has 8 heteroatoms.